The number of aromatic carboxylic acids is 2. The summed E-state index contributed by atoms with van der Waals surface area (Å²) in [7, 11) is 0. The smallest absolute Gasteiger partial charge is 0.753 e. The molecule has 4 rings (SSSR count). The van der Waals surface area contributed by atoms with Gasteiger partial charge in [-0.25, -0.2) is 9.59 Å². The fraction of sp³-hybridized carbons (Fsp3) is 0.0769. The molecule has 2 N–H and O–H groups in total. The minimum absolute atomic E-state index is 0. The minimum Gasteiger partial charge on any atom is -0.753 e. The van der Waals surface area contributed by atoms with Gasteiger partial charge in [-0.05, 0) is 73.5 Å². The van der Waals surface area contributed by atoms with Crippen molar-refractivity contribution >= 4 is 46.7 Å². The summed E-state index contributed by atoms with van der Waals surface area (Å²) in [6, 6.07) is 13.5. The number of carbonyl (C=O) groups is 2. The molecule has 0 atom stereocenters. The standard InChI is InChI=1S/2C12H10N2O2.2CNS.Ru/c2*1-8-2-4-13-10(6-8)11-7-9(12(15)16)3-5-14-11;2*2-1-3;/h2*2-7H,1H3,(H,15,16);;;/q;;2*-1;+2. The summed E-state index contributed by atoms with van der Waals surface area (Å²) in [5.74, 6) is -1.92. The van der Waals surface area contributed by atoms with Crippen LogP contribution in [-0.4, -0.2) is 52.4 Å². The first-order valence-corrected chi connectivity index (χ1v) is 11.3. The number of aromatic nitrogens is 4. The summed E-state index contributed by atoms with van der Waals surface area (Å²) in [6.45, 7) is 3.90. The summed E-state index contributed by atoms with van der Waals surface area (Å²) in [5, 5.41) is 34.7. The normalized spacial score (nSPS) is 8.67. The van der Waals surface area contributed by atoms with Crippen LogP contribution in [0.1, 0.15) is 31.8 Å². The molecule has 0 aromatic carbocycles. The molecule has 0 spiro atoms. The van der Waals surface area contributed by atoms with Crippen LogP contribution in [0.2, 0.25) is 0 Å². The fourth-order valence-corrected chi connectivity index (χ4v) is 2.76. The van der Waals surface area contributed by atoms with Crippen molar-refractivity contribution in [2.45, 2.75) is 13.8 Å². The van der Waals surface area contributed by atoms with Crippen LogP contribution in [0.15, 0.2) is 73.3 Å². The Bertz CT molecular complexity index is 1360. The van der Waals surface area contributed by atoms with Crippen molar-refractivity contribution in [2.75, 3.05) is 0 Å². The van der Waals surface area contributed by atoms with Crippen molar-refractivity contribution < 1.29 is 39.3 Å². The number of hydrogen-bond acceptors (Lipinski definition) is 8. The van der Waals surface area contributed by atoms with Crippen molar-refractivity contribution in [1.82, 2.24) is 19.9 Å². The Morgan fingerprint density at radius 1 is 0.641 bits per heavy atom. The third-order valence-corrected chi connectivity index (χ3v) is 4.37. The molecule has 0 saturated heterocycles. The monoisotopic (exact) mass is 646 g/mol. The Morgan fingerprint density at radius 2 is 0.897 bits per heavy atom. The molecule has 0 fully saturated rings. The van der Waals surface area contributed by atoms with E-state index in [4.69, 9.17) is 21.0 Å². The van der Waals surface area contributed by atoms with E-state index in [1.54, 1.807) is 12.4 Å². The van der Waals surface area contributed by atoms with Gasteiger partial charge in [-0.3, -0.25) is 19.9 Å². The second-order valence-corrected chi connectivity index (χ2v) is 7.45. The number of isothiocyanates is 2. The second kappa shape index (κ2) is 18.9. The molecule has 0 amide bonds. The van der Waals surface area contributed by atoms with Crippen molar-refractivity contribution in [1.29, 1.82) is 0 Å². The van der Waals surface area contributed by atoms with Gasteiger partial charge >= 0.3 is 31.4 Å². The Morgan fingerprint density at radius 3 is 1.15 bits per heavy atom. The molecule has 4 heterocycles. The molecule has 4 aromatic rings. The number of nitrogens with zero attached hydrogens (tertiary/aromatic N) is 6. The number of carboxylic acids is 2. The van der Waals surface area contributed by atoms with E-state index in [0.29, 0.717) is 22.8 Å². The molecule has 0 bridgehead atoms. The topological polar surface area (TPSA) is 171 Å². The maximum atomic E-state index is 10.8. The molecule has 10 nitrogen and oxygen atoms in total. The second-order valence-electron chi connectivity index (χ2n) is 7.09. The zero-order valence-electron chi connectivity index (χ0n) is 20.5. The number of rotatable bonds is 4. The number of aryl methyl sites for hydroxylation is 2. The molecule has 198 valence electrons. The summed E-state index contributed by atoms with van der Waals surface area (Å²) in [5.41, 5.74) is 5.07. The maximum Gasteiger partial charge on any atom is 2.00 e. The van der Waals surface area contributed by atoms with Crippen LogP contribution in [0.3, 0.4) is 0 Å². The van der Waals surface area contributed by atoms with Gasteiger partial charge in [-0.15, -0.1) is 0 Å². The molecule has 0 aliphatic rings. The minimum atomic E-state index is -0.962. The number of hydrogen-bond donors (Lipinski definition) is 2. The first kappa shape index (κ1) is 34.8. The molecule has 0 radical (unpaired) electrons. The van der Waals surface area contributed by atoms with Crippen LogP contribution in [0.25, 0.3) is 33.6 Å². The Labute approximate surface area is 248 Å². The SMILES string of the molecule is Cc1ccnc(-c2cc(C(=O)O)ccn2)c1.Cc1ccnc(-c2cc(C(=O)O)ccn2)c1.[N-]=C=S.[N-]=C=S.[Ru+2]. The van der Waals surface area contributed by atoms with E-state index < -0.39 is 11.9 Å². The Hall–Kier alpha value is -4.24. The first-order valence-electron chi connectivity index (χ1n) is 10.4. The summed E-state index contributed by atoms with van der Waals surface area (Å²) in [4.78, 5) is 38.1. The van der Waals surface area contributed by atoms with Gasteiger partial charge in [0.15, 0.2) is 0 Å². The van der Waals surface area contributed by atoms with Crippen molar-refractivity contribution in [3.63, 3.8) is 0 Å². The van der Waals surface area contributed by atoms with Crippen molar-refractivity contribution in [3.8, 4) is 22.8 Å². The zero-order valence-corrected chi connectivity index (χ0v) is 23.9. The van der Waals surface area contributed by atoms with Crippen LogP contribution < -0.4 is 0 Å². The fourth-order valence-electron chi connectivity index (χ4n) is 2.76. The zero-order chi connectivity index (χ0) is 28.5. The third kappa shape index (κ3) is 12.7. The molecule has 0 aliphatic carbocycles. The van der Waals surface area contributed by atoms with Crippen LogP contribution in [0.4, 0.5) is 0 Å². The summed E-state index contributed by atoms with van der Waals surface area (Å²) >= 11 is 7.40. The van der Waals surface area contributed by atoms with Gasteiger partial charge in [0.1, 0.15) is 0 Å². The average molecular weight is 646 g/mol. The third-order valence-electron chi connectivity index (χ3n) is 4.37. The maximum absolute atomic E-state index is 10.8. The van der Waals surface area contributed by atoms with Crippen molar-refractivity contribution in [2.24, 2.45) is 0 Å². The Kier molecular flexibility index (Phi) is 16.9. The quantitative estimate of drug-likeness (QED) is 0.161. The average Bonchev–Trinajstić information content (AvgIpc) is 2.90. The van der Waals surface area contributed by atoms with Crippen molar-refractivity contribution in [3.05, 3.63) is 106 Å². The Balaban J connectivity index is 0.000000604. The van der Waals surface area contributed by atoms with E-state index in [1.807, 2.05) is 38.1 Å². The van der Waals surface area contributed by atoms with Crippen LogP contribution in [0, 0.1) is 13.8 Å². The van der Waals surface area contributed by atoms with E-state index in [9.17, 15) is 9.59 Å². The summed E-state index contributed by atoms with van der Waals surface area (Å²) in [6.07, 6.45) is 6.31. The molecule has 39 heavy (non-hydrogen) atoms. The number of thiocarbonyl (C=S) groups is 2. The largest absolute Gasteiger partial charge is 2.00 e. The summed E-state index contributed by atoms with van der Waals surface area (Å²) < 4.78 is 0. The van der Waals surface area contributed by atoms with E-state index in [-0.39, 0.29) is 30.6 Å². The predicted molar refractivity (Wildman–Crippen MR) is 150 cm³/mol. The molecular formula is C26H20N6O4RuS2. The molecule has 0 aliphatic heterocycles. The van der Waals surface area contributed by atoms with Crippen LogP contribution >= 0.6 is 24.4 Å². The van der Waals surface area contributed by atoms with Gasteiger partial charge in [-0.1, -0.05) is 24.4 Å². The van der Waals surface area contributed by atoms with Gasteiger partial charge in [0.25, 0.3) is 0 Å². The molecular weight excluding hydrogens is 626 g/mol. The van der Waals surface area contributed by atoms with Gasteiger partial charge < -0.3 is 21.0 Å². The van der Waals surface area contributed by atoms with E-state index in [0.717, 1.165) is 11.1 Å². The first-order chi connectivity index (χ1) is 18.2. The van der Waals surface area contributed by atoms with E-state index in [2.05, 4.69) is 44.4 Å². The van der Waals surface area contributed by atoms with Gasteiger partial charge in [0.05, 0.1) is 33.9 Å². The molecule has 0 unspecified atom stereocenters. The van der Waals surface area contributed by atoms with E-state index in [1.165, 1.54) is 47.0 Å². The van der Waals surface area contributed by atoms with Crippen LogP contribution in [-0.2, 0) is 19.5 Å². The van der Waals surface area contributed by atoms with Gasteiger partial charge in [0, 0.05) is 24.8 Å². The van der Waals surface area contributed by atoms with Gasteiger partial charge in [-0.2, -0.15) is 10.3 Å². The molecule has 4 aromatic heterocycles. The number of carboxylic acid groups (broad SMARTS) is 2. The van der Waals surface area contributed by atoms with Gasteiger partial charge in [0.2, 0.25) is 0 Å². The number of pyridine rings is 4. The van der Waals surface area contributed by atoms with E-state index >= 15 is 0 Å². The molecule has 13 heteroatoms. The predicted octanol–water partition coefficient (Wildman–Crippen LogP) is 5.62. The molecule has 0 saturated carbocycles. The van der Waals surface area contributed by atoms with Crippen LogP contribution in [0.5, 0.6) is 0 Å².